The first-order valence-corrected chi connectivity index (χ1v) is 13.4. The Labute approximate surface area is 233 Å². The number of rotatable bonds is 2. The van der Waals surface area contributed by atoms with Gasteiger partial charge >= 0.3 is 23.1 Å². The zero-order valence-electron chi connectivity index (χ0n) is 21.9. The molecular weight excluding hydrogens is 548 g/mol. The minimum Gasteiger partial charge on any atom is -0.456 e. The van der Waals surface area contributed by atoms with E-state index in [1.54, 1.807) is 51.1 Å². The van der Waals surface area contributed by atoms with Crippen LogP contribution in [0.2, 0.25) is 0 Å². The molecule has 0 amide bonds. The molecule has 4 aliphatic heterocycles. The molecule has 6 fully saturated rings. The third-order valence-corrected chi connectivity index (χ3v) is 10.3. The standard InChI is InChI=1S/C27H28O12S/c1-10-18(30)35-17-16(37-22(40)34-11-8-6-5-7-9-11)25-15-12(28)13(23(2,3)4)24(25)14(29)19(31)38-21(24)39-27(25,20(32)36-15)26(10,17)33/h5-10,12-17,21,28-29,33H,1-4H3/t10-,12-,13?,14+,15?,16+,17?,21+,24?,25?,26-,27?/m1/s1. The van der Waals surface area contributed by atoms with Crippen LogP contribution >= 0.6 is 12.2 Å². The van der Waals surface area contributed by atoms with E-state index in [0.29, 0.717) is 5.75 Å². The lowest BCUT2D eigenvalue weighted by Gasteiger charge is -2.47. The molecule has 0 aromatic heterocycles. The molecule has 2 saturated carbocycles. The monoisotopic (exact) mass is 576 g/mol. The van der Waals surface area contributed by atoms with Crippen LogP contribution in [0, 0.1) is 28.1 Å². The van der Waals surface area contributed by atoms with Crippen LogP contribution in [0.3, 0.4) is 0 Å². The van der Waals surface area contributed by atoms with Gasteiger partial charge in [0.1, 0.15) is 17.3 Å². The van der Waals surface area contributed by atoms with Gasteiger partial charge in [-0.3, -0.25) is 4.79 Å². The molecule has 13 heteroatoms. The number of para-hydroxylation sites is 1. The molecule has 2 spiro atoms. The summed E-state index contributed by atoms with van der Waals surface area (Å²) in [4.78, 5) is 39.9. The van der Waals surface area contributed by atoms with Gasteiger partial charge in [-0.05, 0) is 24.5 Å². The van der Waals surface area contributed by atoms with Crippen molar-refractivity contribution in [2.45, 2.75) is 75.7 Å². The fraction of sp³-hybridized carbons (Fsp3) is 0.630. The SMILES string of the molecule is C[C@@H]1C(=O)OC2[C@H](OC(=S)Oc3ccccc3)C34C5OC(=O)C3(O[C@@H]3OC(=O)[C@H](O)C34C(C(C)(C)C)[C@H]5O)[C@]21O. The van der Waals surface area contributed by atoms with Gasteiger partial charge in [0, 0.05) is 18.1 Å². The number of hydrogen-bond acceptors (Lipinski definition) is 13. The molecule has 0 radical (unpaired) electrons. The molecule has 40 heavy (non-hydrogen) atoms. The maximum Gasteiger partial charge on any atom is 0.358 e. The van der Waals surface area contributed by atoms with Crippen molar-refractivity contribution in [3.8, 4) is 5.75 Å². The molecule has 3 N–H and O–H groups in total. The number of hydrogen-bond donors (Lipinski definition) is 3. The van der Waals surface area contributed by atoms with Crippen LogP contribution in [-0.4, -0.2) is 86.5 Å². The van der Waals surface area contributed by atoms with E-state index in [0.717, 1.165) is 0 Å². The van der Waals surface area contributed by atoms with E-state index in [-0.39, 0.29) is 0 Å². The van der Waals surface area contributed by atoms with E-state index in [4.69, 9.17) is 40.6 Å². The molecule has 1 aromatic rings. The summed E-state index contributed by atoms with van der Waals surface area (Å²) in [5.41, 5.74) is -9.60. The van der Waals surface area contributed by atoms with Gasteiger partial charge in [-0.1, -0.05) is 39.0 Å². The number of carbonyl (C=O) groups excluding carboxylic acids is 3. The van der Waals surface area contributed by atoms with Crippen molar-refractivity contribution >= 4 is 35.4 Å². The fourth-order valence-electron chi connectivity index (χ4n) is 9.10. The molecule has 6 aliphatic rings. The minimum atomic E-state index is -2.44. The van der Waals surface area contributed by atoms with Crippen molar-refractivity contribution in [2.24, 2.45) is 28.1 Å². The lowest BCUT2D eigenvalue weighted by atomic mass is 9.51. The largest absolute Gasteiger partial charge is 0.456 e. The van der Waals surface area contributed by atoms with Crippen LogP contribution in [0.1, 0.15) is 27.7 Å². The van der Waals surface area contributed by atoms with E-state index in [1.165, 1.54) is 6.92 Å². The van der Waals surface area contributed by atoms with Crippen LogP contribution in [-0.2, 0) is 38.1 Å². The van der Waals surface area contributed by atoms with Crippen LogP contribution in [0.15, 0.2) is 30.3 Å². The van der Waals surface area contributed by atoms with Crippen molar-refractivity contribution in [3.63, 3.8) is 0 Å². The van der Waals surface area contributed by atoms with Crippen LogP contribution in [0.5, 0.6) is 5.75 Å². The average Bonchev–Trinajstić information content (AvgIpc) is 3.57. The highest BCUT2D eigenvalue weighted by Crippen LogP contribution is 2.85. The molecule has 12 atom stereocenters. The molecular formula is C27H28O12S. The number of ether oxygens (including phenoxy) is 6. The van der Waals surface area contributed by atoms with E-state index < -0.39 is 99.2 Å². The van der Waals surface area contributed by atoms with Gasteiger partial charge in [0.2, 0.25) is 11.9 Å². The summed E-state index contributed by atoms with van der Waals surface area (Å²) in [7, 11) is 0. The first-order chi connectivity index (χ1) is 18.7. The summed E-state index contributed by atoms with van der Waals surface area (Å²) in [6.07, 6.45) is -9.62. The average molecular weight is 577 g/mol. The highest BCUT2D eigenvalue weighted by atomic mass is 32.1. The van der Waals surface area contributed by atoms with E-state index in [2.05, 4.69) is 0 Å². The quantitative estimate of drug-likeness (QED) is 0.245. The number of fused-ring (bicyclic) bond motifs is 1. The summed E-state index contributed by atoms with van der Waals surface area (Å²) in [5.74, 6) is -4.99. The second-order valence-electron chi connectivity index (χ2n) is 12.5. The third kappa shape index (κ3) is 2.38. The molecule has 6 unspecified atom stereocenters. The van der Waals surface area contributed by atoms with Crippen molar-refractivity contribution < 1.29 is 58.1 Å². The van der Waals surface area contributed by atoms with Gasteiger partial charge in [0.25, 0.3) is 0 Å². The number of thiocarbonyl (C=S) groups is 1. The van der Waals surface area contributed by atoms with Crippen LogP contribution in [0.4, 0.5) is 0 Å². The van der Waals surface area contributed by atoms with Gasteiger partial charge in [0.15, 0.2) is 23.9 Å². The Kier molecular flexibility index (Phi) is 4.90. The smallest absolute Gasteiger partial charge is 0.358 e. The predicted molar refractivity (Wildman–Crippen MR) is 132 cm³/mol. The summed E-state index contributed by atoms with van der Waals surface area (Å²) < 4.78 is 35.2. The molecule has 12 nitrogen and oxygen atoms in total. The Morgan fingerprint density at radius 1 is 1.00 bits per heavy atom. The lowest BCUT2D eigenvalue weighted by molar-refractivity contribution is -0.240. The van der Waals surface area contributed by atoms with Crippen molar-refractivity contribution in [3.05, 3.63) is 30.3 Å². The highest BCUT2D eigenvalue weighted by molar-refractivity contribution is 7.79. The Morgan fingerprint density at radius 2 is 1.68 bits per heavy atom. The van der Waals surface area contributed by atoms with E-state index in [1.807, 2.05) is 0 Å². The molecule has 4 heterocycles. The first kappa shape index (κ1) is 26.1. The van der Waals surface area contributed by atoms with E-state index >= 15 is 0 Å². The van der Waals surface area contributed by atoms with Gasteiger partial charge in [0.05, 0.1) is 17.4 Å². The second-order valence-corrected chi connectivity index (χ2v) is 12.9. The molecule has 4 saturated heterocycles. The number of benzene rings is 1. The number of carbonyl (C=O) groups is 3. The van der Waals surface area contributed by atoms with Gasteiger partial charge in [-0.15, -0.1) is 0 Å². The molecule has 2 aliphatic carbocycles. The topological polar surface area (TPSA) is 167 Å². The Bertz CT molecular complexity index is 1360. The van der Waals surface area contributed by atoms with Gasteiger partial charge < -0.3 is 43.7 Å². The zero-order valence-corrected chi connectivity index (χ0v) is 22.7. The minimum absolute atomic E-state index is 0.314. The number of aliphatic hydroxyl groups is 3. The lowest BCUT2D eigenvalue weighted by Crippen LogP contribution is -2.67. The number of esters is 3. The summed E-state index contributed by atoms with van der Waals surface area (Å²) in [5, 5.41) is 35.5. The van der Waals surface area contributed by atoms with Crippen molar-refractivity contribution in [1.82, 2.24) is 0 Å². The Balaban J connectivity index is 1.50. The first-order valence-electron chi connectivity index (χ1n) is 13.0. The fourth-order valence-corrected chi connectivity index (χ4v) is 9.30. The molecule has 214 valence electrons. The zero-order chi connectivity index (χ0) is 28.8. The number of aliphatic hydroxyl groups excluding tert-OH is 2. The van der Waals surface area contributed by atoms with Gasteiger partial charge in [-0.2, -0.15) is 0 Å². The van der Waals surface area contributed by atoms with Crippen molar-refractivity contribution in [2.75, 3.05) is 0 Å². The maximum atomic E-state index is 14.0. The summed E-state index contributed by atoms with van der Waals surface area (Å²) >= 11 is 5.42. The molecule has 7 rings (SSSR count). The van der Waals surface area contributed by atoms with Crippen LogP contribution < -0.4 is 4.74 Å². The normalized spacial score (nSPS) is 49.5. The summed E-state index contributed by atoms with van der Waals surface area (Å²) in [6.45, 7) is 6.72. The Hall–Kier alpha value is -2.84. The summed E-state index contributed by atoms with van der Waals surface area (Å²) in [6, 6.07) is 8.41. The third-order valence-electron chi connectivity index (χ3n) is 10.1. The molecule has 1 aromatic carbocycles. The molecule has 0 bridgehead atoms. The van der Waals surface area contributed by atoms with Gasteiger partial charge in [-0.25, -0.2) is 9.59 Å². The Morgan fingerprint density at radius 3 is 2.33 bits per heavy atom. The van der Waals surface area contributed by atoms with Crippen molar-refractivity contribution in [1.29, 1.82) is 0 Å². The predicted octanol–water partition coefficient (Wildman–Crippen LogP) is -0.0105. The maximum absolute atomic E-state index is 14.0. The second kappa shape index (κ2) is 7.51. The van der Waals surface area contributed by atoms with E-state index in [9.17, 15) is 29.7 Å². The highest BCUT2D eigenvalue weighted by Gasteiger charge is 3.06. The van der Waals surface area contributed by atoms with Crippen LogP contribution in [0.25, 0.3) is 0 Å².